The molecule has 0 aliphatic carbocycles. The molecule has 0 aliphatic heterocycles. The highest BCUT2D eigenvalue weighted by Crippen LogP contribution is 2.32. The molecule has 2 aromatic carbocycles. The Morgan fingerprint density at radius 2 is 1.85 bits per heavy atom. The van der Waals surface area contributed by atoms with E-state index in [-0.39, 0.29) is 29.4 Å². The van der Waals surface area contributed by atoms with Gasteiger partial charge in [0.2, 0.25) is 0 Å². The molecule has 4 aromatic rings. The fraction of sp³-hybridized carbons (Fsp3) is 0.136. The summed E-state index contributed by atoms with van der Waals surface area (Å²) >= 11 is 0. The minimum absolute atomic E-state index is 0.0472. The number of carbonyl (C=O) groups excluding carboxylic acids is 1. The Morgan fingerprint density at radius 1 is 1.06 bits per heavy atom. The number of hydrogen-bond donors (Lipinski definition) is 4. The van der Waals surface area contributed by atoms with Crippen molar-refractivity contribution in [1.29, 1.82) is 5.41 Å². The van der Waals surface area contributed by atoms with Crippen molar-refractivity contribution in [3.05, 3.63) is 59.4 Å². The van der Waals surface area contributed by atoms with E-state index in [1.165, 1.54) is 11.0 Å². The topological polar surface area (TPSA) is 169 Å². The minimum atomic E-state index is -0.159. The van der Waals surface area contributed by atoms with Crippen molar-refractivity contribution in [3.8, 4) is 23.4 Å². The number of anilines is 1. The SMILES string of the molecule is Cc1nc2c(Oc3cccc(C(=O)N(C)C)c3)nc(Oc3cc(C(=N)N)ccc3N)nc2[nH]1. The Kier molecular flexibility index (Phi) is 5.53. The van der Waals surface area contributed by atoms with Gasteiger partial charge in [-0.3, -0.25) is 10.2 Å². The zero-order valence-electron chi connectivity index (χ0n) is 18.2. The van der Waals surface area contributed by atoms with Crippen LogP contribution in [0.1, 0.15) is 21.7 Å². The number of nitrogens with zero attached hydrogens (tertiary/aromatic N) is 4. The average Bonchev–Trinajstić information content (AvgIpc) is 3.15. The monoisotopic (exact) mass is 446 g/mol. The van der Waals surface area contributed by atoms with Crippen LogP contribution in [0.4, 0.5) is 5.69 Å². The highest BCUT2D eigenvalue weighted by atomic mass is 16.5. The van der Waals surface area contributed by atoms with Crippen molar-refractivity contribution in [2.75, 3.05) is 19.8 Å². The van der Waals surface area contributed by atoms with E-state index in [2.05, 4.69) is 19.9 Å². The quantitative estimate of drug-likeness (QED) is 0.199. The lowest BCUT2D eigenvalue weighted by Gasteiger charge is -2.12. The molecule has 0 unspecified atom stereocenters. The van der Waals surface area contributed by atoms with E-state index in [0.717, 1.165) is 0 Å². The minimum Gasteiger partial charge on any atom is -0.437 e. The van der Waals surface area contributed by atoms with E-state index < -0.39 is 0 Å². The molecule has 2 heterocycles. The lowest BCUT2D eigenvalue weighted by molar-refractivity contribution is 0.0827. The third kappa shape index (κ3) is 4.51. The van der Waals surface area contributed by atoms with Crippen LogP contribution < -0.4 is 20.9 Å². The molecule has 1 amide bonds. The number of amides is 1. The highest BCUT2D eigenvalue weighted by Gasteiger charge is 2.17. The molecule has 33 heavy (non-hydrogen) atoms. The fourth-order valence-corrected chi connectivity index (χ4v) is 3.04. The first kappa shape index (κ1) is 21.6. The van der Waals surface area contributed by atoms with Gasteiger partial charge in [0.15, 0.2) is 16.9 Å². The van der Waals surface area contributed by atoms with Gasteiger partial charge in [-0.1, -0.05) is 6.07 Å². The predicted octanol–water partition coefficient (Wildman–Crippen LogP) is 2.81. The molecule has 0 saturated heterocycles. The first-order chi connectivity index (χ1) is 15.7. The summed E-state index contributed by atoms with van der Waals surface area (Å²) in [6.45, 7) is 1.77. The average molecular weight is 446 g/mol. The van der Waals surface area contributed by atoms with Crippen LogP contribution in [0.2, 0.25) is 0 Å². The van der Waals surface area contributed by atoms with Crippen LogP contribution in [0.25, 0.3) is 11.2 Å². The molecule has 6 N–H and O–H groups in total. The number of aromatic nitrogens is 4. The maximum atomic E-state index is 12.3. The van der Waals surface area contributed by atoms with Crippen molar-refractivity contribution in [2.45, 2.75) is 6.92 Å². The first-order valence-corrected chi connectivity index (χ1v) is 9.87. The molecule has 4 rings (SSSR count). The number of amidine groups is 1. The van der Waals surface area contributed by atoms with Crippen molar-refractivity contribution in [3.63, 3.8) is 0 Å². The molecule has 168 valence electrons. The van der Waals surface area contributed by atoms with E-state index in [4.69, 9.17) is 26.4 Å². The van der Waals surface area contributed by atoms with Crippen LogP contribution in [0, 0.1) is 12.3 Å². The number of ether oxygens (including phenoxy) is 2. The number of nitrogens with two attached hydrogens (primary N) is 2. The summed E-state index contributed by atoms with van der Waals surface area (Å²) in [6, 6.07) is 11.4. The van der Waals surface area contributed by atoms with Gasteiger partial charge in [0.05, 0.1) is 5.69 Å². The zero-order valence-corrected chi connectivity index (χ0v) is 18.2. The summed E-state index contributed by atoms with van der Waals surface area (Å²) in [5.41, 5.74) is 13.6. The summed E-state index contributed by atoms with van der Waals surface area (Å²) < 4.78 is 11.8. The van der Waals surface area contributed by atoms with Crippen molar-refractivity contribution in [1.82, 2.24) is 24.8 Å². The number of aryl methyl sites for hydroxylation is 1. The van der Waals surface area contributed by atoms with Crippen LogP contribution in [-0.2, 0) is 0 Å². The summed E-state index contributed by atoms with van der Waals surface area (Å²) in [4.78, 5) is 29.9. The summed E-state index contributed by atoms with van der Waals surface area (Å²) in [5, 5.41) is 7.62. The molecule has 0 saturated carbocycles. The molecule has 11 heteroatoms. The van der Waals surface area contributed by atoms with Crippen molar-refractivity contribution >= 4 is 28.6 Å². The Hall–Kier alpha value is -4.67. The number of nitrogen functional groups attached to an aromatic ring is 2. The predicted molar refractivity (Wildman–Crippen MR) is 123 cm³/mol. The molecule has 0 fully saturated rings. The largest absolute Gasteiger partial charge is 0.437 e. The first-order valence-electron chi connectivity index (χ1n) is 9.87. The fourth-order valence-electron chi connectivity index (χ4n) is 3.04. The Bertz CT molecular complexity index is 1380. The third-order valence-corrected chi connectivity index (χ3v) is 4.64. The number of aromatic amines is 1. The maximum Gasteiger partial charge on any atom is 0.327 e. The molecule has 0 atom stereocenters. The molecule has 0 radical (unpaired) electrons. The van der Waals surface area contributed by atoms with Gasteiger partial charge in [-0.2, -0.15) is 9.97 Å². The van der Waals surface area contributed by atoms with Gasteiger partial charge in [0, 0.05) is 25.2 Å². The van der Waals surface area contributed by atoms with Gasteiger partial charge >= 0.3 is 6.01 Å². The van der Waals surface area contributed by atoms with Gasteiger partial charge in [-0.25, -0.2) is 4.98 Å². The number of carbonyl (C=O) groups is 1. The number of nitrogens with one attached hydrogen (secondary N) is 2. The molecule has 0 bridgehead atoms. The lowest BCUT2D eigenvalue weighted by atomic mass is 10.2. The number of rotatable bonds is 6. The number of imidazole rings is 1. The molecular formula is C22H22N8O3. The standard InChI is InChI=1S/C22H22N8O3/c1-11-26-17-19(27-11)28-22(33-16-10-12(18(24)25)7-8-15(16)23)29-20(17)32-14-6-4-5-13(9-14)21(31)30(2)3/h4-10H,23H2,1-3H3,(H3,24,25)(H,26,27,28,29). The summed E-state index contributed by atoms with van der Waals surface area (Å²) in [5.74, 6) is 1.09. The number of fused-ring (bicyclic) bond motifs is 1. The second-order valence-corrected chi connectivity index (χ2v) is 7.43. The lowest BCUT2D eigenvalue weighted by Crippen LogP contribution is -2.21. The number of benzene rings is 2. The Morgan fingerprint density at radius 3 is 2.58 bits per heavy atom. The summed E-state index contributed by atoms with van der Waals surface area (Å²) in [6.07, 6.45) is 0. The van der Waals surface area contributed by atoms with Gasteiger partial charge in [-0.15, -0.1) is 0 Å². The zero-order chi connectivity index (χ0) is 23.7. The maximum absolute atomic E-state index is 12.3. The van der Waals surface area contributed by atoms with E-state index in [0.29, 0.717) is 39.6 Å². The van der Waals surface area contributed by atoms with Crippen LogP contribution in [0.5, 0.6) is 23.4 Å². The number of hydrogen-bond acceptors (Lipinski definition) is 8. The van der Waals surface area contributed by atoms with Crippen LogP contribution in [-0.4, -0.2) is 50.7 Å². The van der Waals surface area contributed by atoms with Gasteiger partial charge in [0.25, 0.3) is 11.8 Å². The summed E-state index contributed by atoms with van der Waals surface area (Å²) in [7, 11) is 3.35. The molecule has 0 spiro atoms. The second-order valence-electron chi connectivity index (χ2n) is 7.43. The second kappa shape index (κ2) is 8.46. The van der Waals surface area contributed by atoms with Gasteiger partial charge < -0.3 is 30.8 Å². The van der Waals surface area contributed by atoms with E-state index in [1.807, 2.05) is 0 Å². The third-order valence-electron chi connectivity index (χ3n) is 4.64. The van der Waals surface area contributed by atoms with Crippen molar-refractivity contribution in [2.24, 2.45) is 5.73 Å². The van der Waals surface area contributed by atoms with Gasteiger partial charge in [-0.05, 0) is 43.3 Å². The van der Waals surface area contributed by atoms with E-state index in [1.54, 1.807) is 57.4 Å². The van der Waals surface area contributed by atoms with E-state index in [9.17, 15) is 4.79 Å². The molecule has 2 aromatic heterocycles. The van der Waals surface area contributed by atoms with Crippen LogP contribution in [0.3, 0.4) is 0 Å². The molecular weight excluding hydrogens is 424 g/mol. The van der Waals surface area contributed by atoms with E-state index >= 15 is 0 Å². The smallest absolute Gasteiger partial charge is 0.327 e. The van der Waals surface area contributed by atoms with Crippen LogP contribution >= 0.6 is 0 Å². The highest BCUT2D eigenvalue weighted by molar-refractivity contribution is 5.96. The molecule has 0 aliphatic rings. The molecule has 11 nitrogen and oxygen atoms in total. The van der Waals surface area contributed by atoms with Crippen molar-refractivity contribution < 1.29 is 14.3 Å². The van der Waals surface area contributed by atoms with Crippen LogP contribution in [0.15, 0.2) is 42.5 Å². The Balaban J connectivity index is 1.73. The number of H-pyrrole nitrogens is 1. The normalized spacial score (nSPS) is 10.8. The van der Waals surface area contributed by atoms with Gasteiger partial charge in [0.1, 0.15) is 17.4 Å². The Labute approximate surface area is 188 Å².